The lowest BCUT2D eigenvalue weighted by molar-refractivity contribution is -0.0483. The number of aliphatic hydroxyl groups is 2. The van der Waals surface area contributed by atoms with Crippen LogP contribution in [0.3, 0.4) is 0 Å². The van der Waals surface area contributed by atoms with E-state index >= 15 is 0 Å². The minimum Gasteiger partial charge on any atom is -0.507 e. The smallest absolute Gasteiger partial charge is 0.342 e. The number of phenolic OH excluding ortho intramolecular Hbond substituents is 1. The van der Waals surface area contributed by atoms with E-state index in [1.165, 1.54) is 24.3 Å². The number of nitrogen functional groups attached to an aromatic ring is 1. The Kier molecular flexibility index (Phi) is 9.10. The molecule has 1 fully saturated rings. The summed E-state index contributed by atoms with van der Waals surface area (Å²) in [4.78, 5) is 45.5. The van der Waals surface area contributed by atoms with Crippen LogP contribution in [0.4, 0.5) is 5.82 Å². The van der Waals surface area contributed by atoms with Gasteiger partial charge in [-0.2, -0.15) is 0 Å². The number of fused-ring (bicyclic) bond motifs is 2. The number of esters is 1. The fourth-order valence-corrected chi connectivity index (χ4v) is 8.81. The quantitative estimate of drug-likeness (QED) is 0.0898. The van der Waals surface area contributed by atoms with Crippen molar-refractivity contribution in [1.29, 1.82) is 0 Å². The zero-order valence-corrected chi connectivity index (χ0v) is 27.1. The van der Waals surface area contributed by atoms with Gasteiger partial charge in [-0.1, -0.05) is 0 Å². The molecule has 4 aromatic rings. The normalized spacial score (nSPS) is 23.2. The zero-order valence-electron chi connectivity index (χ0n) is 25.3. The minimum atomic E-state index is -4.85. The van der Waals surface area contributed by atoms with Crippen LogP contribution in [0.2, 0.25) is 0 Å². The average molecular weight is 712 g/mol. The maximum Gasteiger partial charge on any atom is 0.342 e. The van der Waals surface area contributed by atoms with E-state index < -0.39 is 70.6 Å². The van der Waals surface area contributed by atoms with E-state index in [-0.39, 0.29) is 52.7 Å². The molecular formula is C27H31N5O14P2. The molecule has 21 heteroatoms. The molecule has 6 rings (SSSR count). The molecule has 0 amide bonds. The van der Waals surface area contributed by atoms with Gasteiger partial charge in [-0.15, -0.1) is 0 Å². The number of hydrogen-bond acceptors (Lipinski definition) is 16. The molecule has 1 saturated heterocycles. The van der Waals surface area contributed by atoms with E-state index in [4.69, 9.17) is 33.4 Å². The molecule has 5 heterocycles. The van der Waals surface area contributed by atoms with Crippen LogP contribution in [0, 0.1) is 6.92 Å². The highest BCUT2D eigenvalue weighted by Gasteiger charge is 2.46. The molecule has 0 radical (unpaired) electrons. The Labute approximate surface area is 270 Å². The number of anilines is 1. The van der Waals surface area contributed by atoms with E-state index in [2.05, 4.69) is 15.0 Å². The average Bonchev–Trinajstić information content (AvgIpc) is 3.82. The number of nitrogens with two attached hydrogens (primary N) is 1. The summed E-state index contributed by atoms with van der Waals surface area (Å²) >= 11 is 0. The van der Waals surface area contributed by atoms with E-state index in [1.54, 1.807) is 19.1 Å². The van der Waals surface area contributed by atoms with Gasteiger partial charge in [0.25, 0.3) is 0 Å². The van der Waals surface area contributed by atoms with Crippen LogP contribution < -0.4 is 10.5 Å². The first-order valence-electron chi connectivity index (χ1n) is 14.3. The number of aromatic nitrogens is 4. The van der Waals surface area contributed by atoms with Crippen LogP contribution in [0.25, 0.3) is 22.7 Å². The lowest BCUT2D eigenvalue weighted by Crippen LogP contribution is -2.33. The number of carbonyl (C=O) groups is 1. The molecule has 19 nitrogen and oxygen atoms in total. The van der Waals surface area contributed by atoms with Crippen molar-refractivity contribution in [2.45, 2.75) is 44.5 Å². The van der Waals surface area contributed by atoms with Crippen LogP contribution in [0.5, 0.6) is 11.5 Å². The Morgan fingerprint density at radius 3 is 2.60 bits per heavy atom. The molecule has 48 heavy (non-hydrogen) atoms. The van der Waals surface area contributed by atoms with E-state index in [0.29, 0.717) is 16.9 Å². The Morgan fingerprint density at radius 1 is 1.15 bits per heavy atom. The highest BCUT2D eigenvalue weighted by molar-refractivity contribution is 7.70. The third-order valence-electron chi connectivity index (χ3n) is 7.89. The van der Waals surface area contributed by atoms with Crippen molar-refractivity contribution in [3.63, 3.8) is 0 Å². The molecular weight excluding hydrogens is 680 g/mol. The number of aliphatic hydroxyl groups excluding tert-OH is 2. The third-order valence-corrected chi connectivity index (χ3v) is 11.9. The van der Waals surface area contributed by atoms with E-state index in [9.17, 15) is 39.0 Å². The SMILES string of the molecule is COc1c(C)c2c(c(O)c1CCOP(=O)(O)CP(=O)(O)OC[C@H]1O[C@@H](n3cnc4c(N)nc(-c5ccco5)nc43)[C@H](O)[C@@H]1O)C(=O)OC2. The van der Waals surface area contributed by atoms with Gasteiger partial charge in [0.05, 0.1) is 32.9 Å². The molecule has 2 unspecified atom stereocenters. The summed E-state index contributed by atoms with van der Waals surface area (Å²) in [7, 11) is -8.28. The number of ether oxygens (including phenoxy) is 3. The van der Waals surface area contributed by atoms with Crippen LogP contribution in [0.15, 0.2) is 29.1 Å². The second-order valence-electron chi connectivity index (χ2n) is 11.0. The fraction of sp³-hybridized carbons (Fsp3) is 0.407. The molecule has 6 atom stereocenters. The number of cyclic esters (lactones) is 1. The van der Waals surface area contributed by atoms with Crippen molar-refractivity contribution in [3.8, 4) is 23.1 Å². The van der Waals surface area contributed by atoms with Crippen molar-refractivity contribution in [2.24, 2.45) is 0 Å². The van der Waals surface area contributed by atoms with Crippen LogP contribution in [-0.2, 0) is 40.7 Å². The van der Waals surface area contributed by atoms with Crippen molar-refractivity contribution < 1.29 is 66.7 Å². The van der Waals surface area contributed by atoms with Crippen LogP contribution >= 0.6 is 15.2 Å². The van der Waals surface area contributed by atoms with Crippen molar-refractivity contribution >= 4 is 38.1 Å². The van der Waals surface area contributed by atoms with Gasteiger partial charge in [-0.05, 0) is 24.6 Å². The monoisotopic (exact) mass is 711 g/mol. The van der Waals surface area contributed by atoms with Gasteiger partial charge >= 0.3 is 21.2 Å². The summed E-state index contributed by atoms with van der Waals surface area (Å²) in [5.41, 5.74) is 7.42. The standard InChI is InChI=1S/C27H31N5O14P2/c1-12-14-8-43-27(36)17(14)19(33)13(22(12)41-2)5-7-44-47(37,38)11-48(39,40)45-9-16-20(34)21(35)26(46-16)32-10-29-18-23(28)30-24(31-25(18)32)15-4-3-6-42-15/h3-4,6,10,16,20-21,26,33-35H,5,7-9,11H2,1-2H3,(H,37,38)(H,39,40)(H2,28,30,31)/t16-,20-,21-,26-/m1/s1. The van der Waals surface area contributed by atoms with Gasteiger partial charge in [0.15, 0.2) is 35.2 Å². The van der Waals surface area contributed by atoms with Gasteiger partial charge in [-0.25, -0.2) is 19.7 Å². The number of benzene rings is 1. The molecule has 7 N–H and O–H groups in total. The maximum absolute atomic E-state index is 12.8. The number of nitrogens with zero attached hydrogens (tertiary/aromatic N) is 4. The predicted octanol–water partition coefficient (Wildman–Crippen LogP) is 1.58. The first kappa shape index (κ1) is 34.0. The third kappa shape index (κ3) is 6.32. The van der Waals surface area contributed by atoms with Gasteiger partial charge in [0, 0.05) is 17.5 Å². The number of hydrogen-bond donors (Lipinski definition) is 6. The second-order valence-corrected chi connectivity index (χ2v) is 15.2. The number of methoxy groups -OCH3 is 1. The Balaban J connectivity index is 1.09. The highest BCUT2D eigenvalue weighted by Crippen LogP contribution is 2.58. The molecule has 3 aromatic heterocycles. The largest absolute Gasteiger partial charge is 0.507 e. The lowest BCUT2D eigenvalue weighted by Gasteiger charge is -2.20. The van der Waals surface area contributed by atoms with Crippen molar-refractivity contribution in [3.05, 3.63) is 47.0 Å². The van der Waals surface area contributed by atoms with Gasteiger partial charge in [0.2, 0.25) is 0 Å². The Bertz CT molecular complexity index is 1970. The molecule has 1 aromatic carbocycles. The summed E-state index contributed by atoms with van der Waals surface area (Å²) < 4.78 is 58.3. The predicted molar refractivity (Wildman–Crippen MR) is 162 cm³/mol. The van der Waals surface area contributed by atoms with Crippen LogP contribution in [0.1, 0.15) is 33.3 Å². The molecule has 0 saturated carbocycles. The Morgan fingerprint density at radius 2 is 1.90 bits per heavy atom. The maximum atomic E-state index is 12.8. The molecule has 258 valence electrons. The number of rotatable bonds is 12. The first-order chi connectivity index (χ1) is 22.7. The topological polar surface area (TPSA) is 281 Å². The van der Waals surface area contributed by atoms with Gasteiger partial charge in [0.1, 0.15) is 47.5 Å². The second kappa shape index (κ2) is 12.9. The summed E-state index contributed by atoms with van der Waals surface area (Å²) in [6.07, 6.45) is -3.39. The zero-order chi connectivity index (χ0) is 34.5. The van der Waals surface area contributed by atoms with Gasteiger partial charge in [-0.3, -0.25) is 13.7 Å². The number of imidazole rings is 1. The number of furan rings is 1. The summed E-state index contributed by atoms with van der Waals surface area (Å²) in [6, 6.07) is 3.24. The van der Waals surface area contributed by atoms with Crippen LogP contribution in [-0.4, -0.2) is 95.1 Å². The fourth-order valence-electron chi connectivity index (χ4n) is 5.60. The van der Waals surface area contributed by atoms with Crippen molar-refractivity contribution in [2.75, 3.05) is 32.0 Å². The summed E-state index contributed by atoms with van der Waals surface area (Å²) in [5, 5.41) is 32.1. The molecule has 0 spiro atoms. The van der Waals surface area contributed by atoms with Gasteiger partial charge < -0.3 is 58.5 Å². The first-order valence-corrected chi connectivity index (χ1v) is 17.8. The van der Waals surface area contributed by atoms with E-state index in [0.717, 1.165) is 0 Å². The summed E-state index contributed by atoms with van der Waals surface area (Å²) in [6.45, 7) is 0.336. The highest BCUT2D eigenvalue weighted by atomic mass is 31.2. The molecule has 2 aliphatic heterocycles. The van der Waals surface area contributed by atoms with Crippen molar-refractivity contribution in [1.82, 2.24) is 19.5 Å². The summed E-state index contributed by atoms with van der Waals surface area (Å²) in [5.74, 6) is -1.81. The number of phenols is 1. The molecule has 0 aliphatic carbocycles. The lowest BCUT2D eigenvalue weighted by atomic mass is 9.95. The minimum absolute atomic E-state index is 0.0120. The number of aromatic hydroxyl groups is 1. The molecule has 2 aliphatic rings. The number of carbonyl (C=O) groups excluding carboxylic acids is 1. The molecule has 0 bridgehead atoms. The van der Waals surface area contributed by atoms with E-state index in [1.807, 2.05) is 0 Å². The Hall–Kier alpha value is -3.90.